The highest BCUT2D eigenvalue weighted by Crippen LogP contribution is 2.32. The van der Waals surface area contributed by atoms with Crippen molar-refractivity contribution in [2.24, 2.45) is 0 Å². The third-order valence-electron chi connectivity index (χ3n) is 1.83. The van der Waals surface area contributed by atoms with E-state index in [1.54, 1.807) is 30.3 Å². The molecule has 0 atom stereocenters. The molecule has 82 valence electrons. The summed E-state index contributed by atoms with van der Waals surface area (Å²) in [4.78, 5) is 11.1. The summed E-state index contributed by atoms with van der Waals surface area (Å²) in [6.07, 6.45) is 0.784. The van der Waals surface area contributed by atoms with Crippen molar-refractivity contribution in [2.45, 2.75) is 0 Å². The van der Waals surface area contributed by atoms with E-state index in [9.17, 15) is 4.79 Å². The Balaban J connectivity index is 2.20. The molecule has 0 saturated heterocycles. The maximum atomic E-state index is 10.5. The number of carbonyl (C=O) groups excluding carboxylic acids is 1. The highest BCUT2D eigenvalue weighted by molar-refractivity contribution is 7.15. The second kappa shape index (κ2) is 4.87. The van der Waals surface area contributed by atoms with Crippen LogP contribution in [0, 0.1) is 0 Å². The Hall–Kier alpha value is -1.03. The lowest BCUT2D eigenvalue weighted by Gasteiger charge is -2.03. The van der Waals surface area contributed by atoms with Gasteiger partial charge in [0.25, 0.3) is 0 Å². The molecule has 1 aromatic carbocycles. The minimum absolute atomic E-state index is 0.436. The molecule has 0 spiro atoms. The number of carbonyl (C=O) groups is 1. The van der Waals surface area contributed by atoms with E-state index in [1.807, 2.05) is 0 Å². The molecular formula is C11H6Cl2O2S. The number of hydrogen-bond acceptors (Lipinski definition) is 3. The van der Waals surface area contributed by atoms with E-state index in [1.165, 1.54) is 11.3 Å². The summed E-state index contributed by atoms with van der Waals surface area (Å²) in [5.74, 6) is 0.591. The quantitative estimate of drug-likeness (QED) is 0.760. The van der Waals surface area contributed by atoms with Gasteiger partial charge in [0.05, 0.1) is 14.9 Å². The molecule has 0 aliphatic heterocycles. The number of rotatable bonds is 3. The molecule has 0 radical (unpaired) electrons. The van der Waals surface area contributed by atoms with Gasteiger partial charge in [-0.3, -0.25) is 4.79 Å². The van der Waals surface area contributed by atoms with Crippen LogP contribution in [0.3, 0.4) is 0 Å². The topological polar surface area (TPSA) is 26.3 Å². The Labute approximate surface area is 106 Å². The molecule has 1 heterocycles. The lowest BCUT2D eigenvalue weighted by Crippen LogP contribution is -1.80. The van der Waals surface area contributed by atoms with E-state index in [4.69, 9.17) is 27.9 Å². The van der Waals surface area contributed by atoms with Crippen molar-refractivity contribution in [3.05, 3.63) is 45.3 Å². The van der Waals surface area contributed by atoms with Crippen LogP contribution in [-0.2, 0) is 0 Å². The molecule has 5 heteroatoms. The molecular weight excluding hydrogens is 267 g/mol. The van der Waals surface area contributed by atoms with E-state index < -0.39 is 0 Å². The molecule has 0 saturated carbocycles. The van der Waals surface area contributed by atoms with Gasteiger partial charge in [0, 0.05) is 6.07 Å². The SMILES string of the molecule is O=Cc1ccc(Oc2ccc(Cl)c(Cl)c2)s1. The number of ether oxygens (including phenoxy) is 1. The van der Waals surface area contributed by atoms with Gasteiger partial charge in [0.1, 0.15) is 5.75 Å². The Morgan fingerprint density at radius 1 is 1.12 bits per heavy atom. The van der Waals surface area contributed by atoms with Crippen LogP contribution in [0.15, 0.2) is 30.3 Å². The largest absolute Gasteiger partial charge is 0.447 e. The normalized spacial score (nSPS) is 10.1. The van der Waals surface area contributed by atoms with Crippen LogP contribution >= 0.6 is 34.5 Å². The summed E-state index contributed by atoms with van der Waals surface area (Å²) in [6, 6.07) is 8.44. The highest BCUT2D eigenvalue weighted by atomic mass is 35.5. The lowest BCUT2D eigenvalue weighted by molar-refractivity contribution is 0.112. The number of hydrogen-bond donors (Lipinski definition) is 0. The van der Waals surface area contributed by atoms with Crippen LogP contribution in [0.5, 0.6) is 10.8 Å². The van der Waals surface area contributed by atoms with Crippen molar-refractivity contribution in [3.8, 4) is 10.8 Å². The van der Waals surface area contributed by atoms with Crippen LogP contribution in [-0.4, -0.2) is 6.29 Å². The monoisotopic (exact) mass is 272 g/mol. The van der Waals surface area contributed by atoms with Gasteiger partial charge >= 0.3 is 0 Å². The number of thiophene rings is 1. The zero-order chi connectivity index (χ0) is 11.5. The maximum absolute atomic E-state index is 10.5. The van der Waals surface area contributed by atoms with Crippen molar-refractivity contribution in [1.29, 1.82) is 0 Å². The molecule has 2 rings (SSSR count). The summed E-state index contributed by atoms with van der Waals surface area (Å²) >= 11 is 12.9. The summed E-state index contributed by atoms with van der Waals surface area (Å²) in [6.45, 7) is 0. The van der Waals surface area contributed by atoms with Gasteiger partial charge in [-0.05, 0) is 24.3 Å². The first kappa shape index (κ1) is 11.5. The van der Waals surface area contributed by atoms with E-state index in [0.29, 0.717) is 25.7 Å². The summed E-state index contributed by atoms with van der Waals surface area (Å²) in [7, 11) is 0. The van der Waals surface area contributed by atoms with E-state index in [-0.39, 0.29) is 0 Å². The smallest absolute Gasteiger partial charge is 0.181 e. The van der Waals surface area contributed by atoms with Crippen molar-refractivity contribution in [1.82, 2.24) is 0 Å². The van der Waals surface area contributed by atoms with Crippen LogP contribution in [0.25, 0.3) is 0 Å². The van der Waals surface area contributed by atoms with Gasteiger partial charge in [-0.2, -0.15) is 0 Å². The second-order valence-electron chi connectivity index (χ2n) is 2.95. The van der Waals surface area contributed by atoms with Crippen molar-refractivity contribution >= 4 is 40.8 Å². The van der Waals surface area contributed by atoms with E-state index >= 15 is 0 Å². The average molecular weight is 273 g/mol. The summed E-state index contributed by atoms with van der Waals surface area (Å²) in [5, 5.41) is 1.56. The average Bonchev–Trinajstić information content (AvgIpc) is 2.71. The highest BCUT2D eigenvalue weighted by Gasteiger charge is 2.04. The van der Waals surface area contributed by atoms with Crippen LogP contribution < -0.4 is 4.74 Å². The first-order valence-corrected chi connectivity index (χ1v) is 5.94. The number of benzene rings is 1. The maximum Gasteiger partial charge on any atom is 0.181 e. The fourth-order valence-corrected chi connectivity index (χ4v) is 2.09. The second-order valence-corrected chi connectivity index (χ2v) is 4.84. The minimum Gasteiger partial charge on any atom is -0.447 e. The zero-order valence-electron chi connectivity index (χ0n) is 7.94. The van der Waals surface area contributed by atoms with Gasteiger partial charge in [-0.25, -0.2) is 0 Å². The molecule has 0 unspecified atom stereocenters. The molecule has 16 heavy (non-hydrogen) atoms. The van der Waals surface area contributed by atoms with E-state index in [2.05, 4.69) is 0 Å². The molecule has 0 aliphatic carbocycles. The molecule has 2 nitrogen and oxygen atoms in total. The van der Waals surface area contributed by atoms with Gasteiger partial charge < -0.3 is 4.74 Å². The Morgan fingerprint density at radius 3 is 2.56 bits per heavy atom. The number of aldehydes is 1. The van der Waals surface area contributed by atoms with Gasteiger partial charge in [0.2, 0.25) is 0 Å². The minimum atomic E-state index is 0.436. The van der Waals surface area contributed by atoms with Crippen molar-refractivity contribution in [2.75, 3.05) is 0 Å². The van der Waals surface area contributed by atoms with Crippen LogP contribution in [0.2, 0.25) is 10.0 Å². The van der Waals surface area contributed by atoms with Crippen molar-refractivity contribution in [3.63, 3.8) is 0 Å². The Kier molecular flexibility index (Phi) is 3.49. The Bertz CT molecular complexity index is 522. The van der Waals surface area contributed by atoms with Crippen molar-refractivity contribution < 1.29 is 9.53 Å². The molecule has 2 aromatic rings. The fourth-order valence-electron chi connectivity index (χ4n) is 1.11. The predicted octanol–water partition coefficient (Wildman–Crippen LogP) is 4.66. The molecule has 0 fully saturated rings. The summed E-state index contributed by atoms with van der Waals surface area (Å²) in [5.41, 5.74) is 0. The first-order valence-electron chi connectivity index (χ1n) is 4.37. The van der Waals surface area contributed by atoms with E-state index in [0.717, 1.165) is 6.29 Å². The fraction of sp³-hybridized carbons (Fsp3) is 0. The number of halogens is 2. The third-order valence-corrected chi connectivity index (χ3v) is 3.46. The molecule has 0 amide bonds. The van der Waals surface area contributed by atoms with Gasteiger partial charge in [-0.1, -0.05) is 34.5 Å². The Morgan fingerprint density at radius 2 is 1.94 bits per heavy atom. The summed E-state index contributed by atoms with van der Waals surface area (Å²) < 4.78 is 5.51. The molecule has 0 N–H and O–H groups in total. The first-order chi connectivity index (χ1) is 7.69. The standard InChI is InChI=1S/C11H6Cl2O2S/c12-9-3-1-7(5-10(9)13)15-11-4-2-8(6-14)16-11/h1-6H. The van der Waals surface area contributed by atoms with Gasteiger partial charge in [-0.15, -0.1) is 0 Å². The molecule has 0 aliphatic rings. The predicted molar refractivity (Wildman–Crippen MR) is 66.2 cm³/mol. The molecule has 1 aromatic heterocycles. The van der Waals surface area contributed by atoms with Crippen LogP contribution in [0.4, 0.5) is 0 Å². The zero-order valence-corrected chi connectivity index (χ0v) is 10.3. The third kappa shape index (κ3) is 2.55. The lowest BCUT2D eigenvalue weighted by atomic mass is 10.3. The van der Waals surface area contributed by atoms with Gasteiger partial charge in [0.15, 0.2) is 11.3 Å². The molecule has 0 bridgehead atoms. The van der Waals surface area contributed by atoms with Crippen LogP contribution in [0.1, 0.15) is 9.67 Å².